The van der Waals surface area contributed by atoms with Crippen molar-refractivity contribution in [3.63, 3.8) is 0 Å². The van der Waals surface area contributed by atoms with E-state index < -0.39 is 11.6 Å². The molecule has 7 nitrogen and oxygen atoms in total. The predicted octanol–water partition coefficient (Wildman–Crippen LogP) is 2.98. The summed E-state index contributed by atoms with van der Waals surface area (Å²) in [6.45, 7) is 8.96. The SMILES string of the molecule is CC.Cc1cn2cc(N=C(N)c3c(N)cc(N4CCNCC4)cc3F)cc(F)c2n1. The van der Waals surface area contributed by atoms with Crippen LogP contribution >= 0.6 is 0 Å². The second kappa shape index (κ2) is 9.08. The Morgan fingerprint density at radius 2 is 1.80 bits per heavy atom. The van der Waals surface area contributed by atoms with E-state index in [9.17, 15) is 8.78 Å². The van der Waals surface area contributed by atoms with Crippen molar-refractivity contribution in [2.24, 2.45) is 10.7 Å². The Kier molecular flexibility index (Phi) is 6.51. The van der Waals surface area contributed by atoms with Crippen LogP contribution in [0.1, 0.15) is 25.1 Å². The smallest absolute Gasteiger partial charge is 0.173 e. The van der Waals surface area contributed by atoms with Gasteiger partial charge in [0.25, 0.3) is 0 Å². The molecule has 1 aliphatic rings. The first-order valence-corrected chi connectivity index (χ1v) is 9.96. The third-order valence-electron chi connectivity index (χ3n) is 4.71. The number of nitrogens with one attached hydrogen (secondary N) is 1. The highest BCUT2D eigenvalue weighted by Crippen LogP contribution is 2.26. The van der Waals surface area contributed by atoms with Gasteiger partial charge in [-0.1, -0.05) is 13.8 Å². The van der Waals surface area contributed by atoms with Crippen LogP contribution in [0.2, 0.25) is 0 Å². The number of aliphatic imine (C=N–C) groups is 1. The number of aromatic nitrogens is 2. The van der Waals surface area contributed by atoms with Crippen LogP contribution in [0.3, 0.4) is 0 Å². The number of nitrogens with two attached hydrogens (primary N) is 2. The third-order valence-corrected chi connectivity index (χ3v) is 4.71. The third kappa shape index (κ3) is 4.35. The van der Waals surface area contributed by atoms with E-state index in [0.717, 1.165) is 26.2 Å². The molecule has 3 aromatic rings. The zero-order chi connectivity index (χ0) is 21.8. The molecule has 1 fully saturated rings. The van der Waals surface area contributed by atoms with Crippen molar-refractivity contribution in [1.29, 1.82) is 0 Å². The van der Waals surface area contributed by atoms with Crippen molar-refractivity contribution >= 4 is 28.5 Å². The Bertz CT molecular complexity index is 1050. The second-order valence-electron chi connectivity index (χ2n) is 6.79. The first-order chi connectivity index (χ1) is 14.4. The van der Waals surface area contributed by atoms with E-state index in [-0.39, 0.29) is 28.4 Å². The zero-order valence-electron chi connectivity index (χ0n) is 17.4. The number of piperazine rings is 1. The maximum Gasteiger partial charge on any atom is 0.173 e. The number of anilines is 2. The molecule has 0 radical (unpaired) electrons. The Labute approximate surface area is 174 Å². The van der Waals surface area contributed by atoms with Gasteiger partial charge < -0.3 is 26.1 Å². The number of fused-ring (bicyclic) bond motifs is 1. The van der Waals surface area contributed by atoms with Gasteiger partial charge >= 0.3 is 0 Å². The van der Waals surface area contributed by atoms with Gasteiger partial charge in [0.1, 0.15) is 11.7 Å². The quantitative estimate of drug-likeness (QED) is 0.347. The normalized spacial score (nSPS) is 14.6. The molecule has 1 aliphatic heterocycles. The molecule has 2 aromatic heterocycles. The van der Waals surface area contributed by atoms with Crippen LogP contribution in [0.4, 0.5) is 25.8 Å². The van der Waals surface area contributed by atoms with Crippen LogP contribution in [0.25, 0.3) is 5.65 Å². The summed E-state index contributed by atoms with van der Waals surface area (Å²) in [6.07, 6.45) is 3.25. The van der Waals surface area contributed by atoms with Gasteiger partial charge in [0.15, 0.2) is 11.5 Å². The minimum absolute atomic E-state index is 0.0150. The zero-order valence-corrected chi connectivity index (χ0v) is 17.4. The molecular weight excluding hydrogens is 388 g/mol. The highest BCUT2D eigenvalue weighted by Gasteiger charge is 2.18. The number of rotatable bonds is 3. The number of halogens is 2. The topological polar surface area (TPSA) is 97.0 Å². The summed E-state index contributed by atoms with van der Waals surface area (Å²) in [7, 11) is 0. The Morgan fingerprint density at radius 1 is 1.10 bits per heavy atom. The van der Waals surface area contributed by atoms with Gasteiger partial charge in [-0.3, -0.25) is 0 Å². The van der Waals surface area contributed by atoms with E-state index in [1.807, 2.05) is 13.8 Å². The van der Waals surface area contributed by atoms with Crippen LogP contribution < -0.4 is 21.7 Å². The first-order valence-electron chi connectivity index (χ1n) is 9.96. The van der Waals surface area contributed by atoms with Gasteiger partial charge in [-0.05, 0) is 19.1 Å². The largest absolute Gasteiger partial charge is 0.398 e. The number of hydrogen-bond acceptors (Lipinski definition) is 5. The van der Waals surface area contributed by atoms with Crippen molar-refractivity contribution < 1.29 is 8.78 Å². The molecule has 5 N–H and O–H groups in total. The molecule has 9 heteroatoms. The maximum atomic E-state index is 14.8. The summed E-state index contributed by atoms with van der Waals surface area (Å²) in [4.78, 5) is 10.3. The van der Waals surface area contributed by atoms with Crippen molar-refractivity contribution in [3.05, 3.63) is 53.5 Å². The molecule has 0 saturated carbocycles. The lowest BCUT2D eigenvalue weighted by atomic mass is 10.1. The molecule has 4 rings (SSSR count). The average Bonchev–Trinajstić information content (AvgIpc) is 3.10. The van der Waals surface area contributed by atoms with Crippen LogP contribution in [0.15, 0.2) is 35.6 Å². The van der Waals surface area contributed by atoms with Gasteiger partial charge in [-0.2, -0.15) is 0 Å². The lowest BCUT2D eigenvalue weighted by Gasteiger charge is -2.30. The fourth-order valence-electron chi connectivity index (χ4n) is 3.41. The van der Waals surface area contributed by atoms with Crippen molar-refractivity contribution in [1.82, 2.24) is 14.7 Å². The molecule has 160 valence electrons. The van der Waals surface area contributed by atoms with E-state index in [1.165, 1.54) is 16.5 Å². The minimum atomic E-state index is -0.560. The Morgan fingerprint density at radius 3 is 2.47 bits per heavy atom. The molecule has 0 spiro atoms. The lowest BCUT2D eigenvalue weighted by Crippen LogP contribution is -2.43. The summed E-state index contributed by atoms with van der Waals surface area (Å²) in [5.74, 6) is -1.21. The second-order valence-corrected chi connectivity index (χ2v) is 6.79. The van der Waals surface area contributed by atoms with Gasteiger partial charge in [-0.15, -0.1) is 0 Å². The highest BCUT2D eigenvalue weighted by molar-refractivity contribution is 6.04. The molecular formula is C21H27F2N7. The van der Waals surface area contributed by atoms with Crippen LogP contribution in [0.5, 0.6) is 0 Å². The summed E-state index contributed by atoms with van der Waals surface area (Å²) in [5.41, 5.74) is 14.1. The Balaban J connectivity index is 0.00000124. The summed E-state index contributed by atoms with van der Waals surface area (Å²) in [6, 6.07) is 4.30. The number of hydrogen-bond donors (Lipinski definition) is 3. The molecule has 0 aliphatic carbocycles. The fraction of sp³-hybridized carbons (Fsp3) is 0.333. The van der Waals surface area contributed by atoms with E-state index in [2.05, 4.69) is 20.2 Å². The summed E-state index contributed by atoms with van der Waals surface area (Å²) >= 11 is 0. The van der Waals surface area contributed by atoms with Crippen LogP contribution in [-0.2, 0) is 0 Å². The molecule has 1 saturated heterocycles. The van der Waals surface area contributed by atoms with Gasteiger partial charge in [0.2, 0.25) is 0 Å². The predicted molar refractivity (Wildman–Crippen MR) is 118 cm³/mol. The van der Waals surface area contributed by atoms with Crippen LogP contribution in [0, 0.1) is 18.6 Å². The minimum Gasteiger partial charge on any atom is -0.398 e. The summed E-state index contributed by atoms with van der Waals surface area (Å²) in [5, 5.41) is 3.25. The first kappa shape index (κ1) is 21.5. The standard InChI is InChI=1S/C19H21F2N7.C2H6/c1-11-9-28-10-12(6-15(21)19(28)25-11)26-18(23)17-14(20)7-13(8-16(17)22)27-4-2-24-3-5-27;1-2/h6-10,24H,2-5,22H2,1H3,(H2,23,26);1-2H3. The number of benzene rings is 1. The number of nitrogens with zero attached hydrogens (tertiary/aromatic N) is 4. The van der Waals surface area contributed by atoms with Crippen molar-refractivity contribution in [3.8, 4) is 0 Å². The van der Waals surface area contributed by atoms with Gasteiger partial charge in [-0.25, -0.2) is 18.8 Å². The number of imidazole rings is 1. The van der Waals surface area contributed by atoms with E-state index in [0.29, 0.717) is 11.4 Å². The summed E-state index contributed by atoms with van der Waals surface area (Å²) < 4.78 is 30.5. The maximum absolute atomic E-state index is 14.8. The number of pyridine rings is 1. The highest BCUT2D eigenvalue weighted by atomic mass is 19.1. The van der Waals surface area contributed by atoms with Crippen LogP contribution in [-0.4, -0.2) is 41.4 Å². The molecule has 30 heavy (non-hydrogen) atoms. The molecule has 0 amide bonds. The van der Waals surface area contributed by atoms with Gasteiger partial charge in [0.05, 0.1) is 16.9 Å². The molecule has 0 atom stereocenters. The van der Waals surface area contributed by atoms with Crippen molar-refractivity contribution in [2.75, 3.05) is 36.8 Å². The number of amidine groups is 1. The Hall–Kier alpha value is -3.20. The fourth-order valence-corrected chi connectivity index (χ4v) is 3.41. The van der Waals surface area contributed by atoms with E-state index >= 15 is 0 Å². The molecule has 1 aromatic carbocycles. The van der Waals surface area contributed by atoms with E-state index in [4.69, 9.17) is 11.5 Å². The van der Waals surface area contributed by atoms with Crippen molar-refractivity contribution in [2.45, 2.75) is 20.8 Å². The molecule has 0 bridgehead atoms. The number of aryl methyl sites for hydroxylation is 1. The molecule has 3 heterocycles. The monoisotopic (exact) mass is 415 g/mol. The van der Waals surface area contributed by atoms with E-state index in [1.54, 1.807) is 25.4 Å². The molecule has 0 unspecified atom stereocenters. The average molecular weight is 415 g/mol. The number of nitrogen functional groups attached to an aromatic ring is 1. The van der Waals surface area contributed by atoms with Gasteiger partial charge in [0, 0.05) is 56.0 Å². The lowest BCUT2D eigenvalue weighted by molar-refractivity contribution is 0.584.